The third-order valence-corrected chi connectivity index (χ3v) is 4.68. The summed E-state index contributed by atoms with van der Waals surface area (Å²) in [7, 11) is 4.01. The van der Waals surface area contributed by atoms with E-state index in [0.29, 0.717) is 16.6 Å². The van der Waals surface area contributed by atoms with E-state index >= 15 is 0 Å². The summed E-state index contributed by atoms with van der Waals surface area (Å²) < 4.78 is 0. The van der Waals surface area contributed by atoms with Crippen LogP contribution >= 0.6 is 0 Å². The maximum Gasteiger partial charge on any atom is 0.198 e. The van der Waals surface area contributed by atoms with E-state index in [0.717, 1.165) is 35.0 Å². The second kappa shape index (κ2) is 5.57. The fourth-order valence-corrected chi connectivity index (χ4v) is 3.56. The minimum absolute atomic E-state index is 0.0795. The van der Waals surface area contributed by atoms with Gasteiger partial charge in [-0.3, -0.25) is 4.79 Å². The van der Waals surface area contributed by atoms with Gasteiger partial charge < -0.3 is 15.7 Å². The number of nitrogens with two attached hydrogens (primary N) is 1. The highest BCUT2D eigenvalue weighted by Gasteiger charge is 2.32. The van der Waals surface area contributed by atoms with E-state index in [1.807, 2.05) is 38.4 Å². The molecule has 1 aliphatic carbocycles. The van der Waals surface area contributed by atoms with Gasteiger partial charge in [0, 0.05) is 29.1 Å². The Hall–Kier alpha value is -2.92. The molecule has 5 nitrogen and oxygen atoms in total. The Morgan fingerprint density at radius 3 is 2.56 bits per heavy atom. The molecule has 2 aromatic carbocycles. The van der Waals surface area contributed by atoms with Crippen molar-refractivity contribution in [3.05, 3.63) is 53.1 Å². The number of phenols is 1. The SMILES string of the molecule is CN(C)CCc1cc(O)cc2nc(N)c3c(c12)-c1ccccc1C3=O. The van der Waals surface area contributed by atoms with Crippen LogP contribution in [0, 0.1) is 0 Å². The number of likely N-dealkylation sites (N-methyl/N-ethyl adjacent to an activating group) is 1. The highest BCUT2D eigenvalue weighted by atomic mass is 16.3. The number of rotatable bonds is 3. The average Bonchev–Trinajstić information content (AvgIpc) is 2.86. The summed E-state index contributed by atoms with van der Waals surface area (Å²) in [6.07, 6.45) is 0.742. The van der Waals surface area contributed by atoms with Crippen LogP contribution in [0.3, 0.4) is 0 Å². The van der Waals surface area contributed by atoms with Crippen LogP contribution < -0.4 is 5.73 Å². The summed E-state index contributed by atoms with van der Waals surface area (Å²) in [5.41, 5.74) is 10.6. The van der Waals surface area contributed by atoms with Crippen molar-refractivity contribution in [2.24, 2.45) is 0 Å². The fraction of sp³-hybridized carbons (Fsp3) is 0.200. The molecule has 1 aliphatic rings. The largest absolute Gasteiger partial charge is 0.508 e. The number of aromatic nitrogens is 1. The molecule has 126 valence electrons. The molecule has 0 atom stereocenters. The van der Waals surface area contributed by atoms with Gasteiger partial charge in [0.25, 0.3) is 0 Å². The first kappa shape index (κ1) is 15.6. The predicted molar refractivity (Wildman–Crippen MR) is 98.9 cm³/mol. The number of benzene rings is 2. The normalized spacial score (nSPS) is 12.7. The molecule has 3 N–H and O–H groups in total. The number of aromatic hydroxyl groups is 1. The van der Waals surface area contributed by atoms with Gasteiger partial charge >= 0.3 is 0 Å². The molecule has 0 saturated carbocycles. The maximum atomic E-state index is 12.8. The zero-order valence-corrected chi connectivity index (χ0v) is 14.2. The summed E-state index contributed by atoms with van der Waals surface area (Å²) in [4.78, 5) is 19.3. The van der Waals surface area contributed by atoms with Gasteiger partial charge in [-0.1, -0.05) is 24.3 Å². The summed E-state index contributed by atoms with van der Waals surface area (Å²) in [6, 6.07) is 10.9. The third-order valence-electron chi connectivity index (χ3n) is 4.68. The number of phenolic OH excluding ortho intramolecular Hbond substituents is 1. The lowest BCUT2D eigenvalue weighted by Gasteiger charge is -2.15. The van der Waals surface area contributed by atoms with Crippen LogP contribution in [0.1, 0.15) is 21.5 Å². The van der Waals surface area contributed by atoms with E-state index in [-0.39, 0.29) is 17.4 Å². The second-order valence-electron chi connectivity index (χ2n) is 6.67. The number of carbonyl (C=O) groups excluding carboxylic acids is 1. The number of nitrogens with zero attached hydrogens (tertiary/aromatic N) is 2. The van der Waals surface area contributed by atoms with Crippen LogP contribution in [-0.4, -0.2) is 41.4 Å². The van der Waals surface area contributed by atoms with E-state index < -0.39 is 0 Å². The minimum atomic E-state index is -0.0795. The first-order valence-corrected chi connectivity index (χ1v) is 8.21. The molecule has 25 heavy (non-hydrogen) atoms. The van der Waals surface area contributed by atoms with Crippen molar-refractivity contribution in [1.29, 1.82) is 0 Å². The van der Waals surface area contributed by atoms with Crippen molar-refractivity contribution >= 4 is 22.5 Å². The summed E-state index contributed by atoms with van der Waals surface area (Å²) in [5.74, 6) is 0.294. The molecule has 0 amide bonds. The van der Waals surface area contributed by atoms with Gasteiger partial charge in [0.05, 0.1) is 11.1 Å². The fourth-order valence-electron chi connectivity index (χ4n) is 3.56. The molecule has 1 heterocycles. The van der Waals surface area contributed by atoms with Crippen LogP contribution in [0.25, 0.3) is 22.0 Å². The van der Waals surface area contributed by atoms with E-state index in [2.05, 4.69) is 9.88 Å². The summed E-state index contributed by atoms with van der Waals surface area (Å²) in [5, 5.41) is 11.0. The topological polar surface area (TPSA) is 79.4 Å². The number of hydrogen-bond donors (Lipinski definition) is 2. The number of ketones is 1. The van der Waals surface area contributed by atoms with E-state index in [1.54, 1.807) is 12.1 Å². The van der Waals surface area contributed by atoms with Crippen LogP contribution in [0.2, 0.25) is 0 Å². The predicted octanol–water partition coefficient (Wildman–Crippen LogP) is 2.84. The number of anilines is 1. The molecule has 0 bridgehead atoms. The standard InChI is InChI=1S/C20H19N3O2/c1-23(2)8-7-11-9-12(24)10-15-16(11)17-13-5-3-4-6-14(13)19(25)18(17)20(21)22-15/h3-6,9-10,24H,7-8H2,1-2H3,(H2,21,22). The molecule has 0 radical (unpaired) electrons. The lowest BCUT2D eigenvalue weighted by Crippen LogP contribution is -2.15. The Kier molecular flexibility index (Phi) is 3.47. The van der Waals surface area contributed by atoms with Gasteiger partial charge in [0.15, 0.2) is 5.78 Å². The number of carbonyl (C=O) groups is 1. The number of nitrogen functional groups attached to an aromatic ring is 1. The lowest BCUT2D eigenvalue weighted by molar-refractivity contribution is 0.104. The molecule has 0 aliphatic heterocycles. The molecule has 5 heteroatoms. The van der Waals surface area contributed by atoms with Gasteiger partial charge in [-0.2, -0.15) is 0 Å². The smallest absolute Gasteiger partial charge is 0.198 e. The Bertz CT molecular complexity index is 1030. The number of pyridine rings is 1. The van der Waals surface area contributed by atoms with Crippen LogP contribution in [0.4, 0.5) is 5.82 Å². The van der Waals surface area contributed by atoms with Crippen molar-refractivity contribution in [2.45, 2.75) is 6.42 Å². The molecule has 1 aromatic heterocycles. The minimum Gasteiger partial charge on any atom is -0.508 e. The van der Waals surface area contributed by atoms with Gasteiger partial charge in [-0.25, -0.2) is 4.98 Å². The zero-order chi connectivity index (χ0) is 17.7. The van der Waals surface area contributed by atoms with Crippen molar-refractivity contribution in [3.8, 4) is 16.9 Å². The van der Waals surface area contributed by atoms with Gasteiger partial charge in [-0.05, 0) is 37.7 Å². The van der Waals surface area contributed by atoms with Gasteiger partial charge in [0.2, 0.25) is 0 Å². The van der Waals surface area contributed by atoms with Crippen molar-refractivity contribution < 1.29 is 9.90 Å². The molecule has 0 saturated heterocycles. The molecule has 0 spiro atoms. The van der Waals surface area contributed by atoms with E-state index in [9.17, 15) is 9.90 Å². The molecule has 0 fully saturated rings. The zero-order valence-electron chi connectivity index (χ0n) is 14.2. The van der Waals surface area contributed by atoms with Crippen molar-refractivity contribution in [2.75, 3.05) is 26.4 Å². The quantitative estimate of drug-likeness (QED) is 0.603. The molecular weight excluding hydrogens is 314 g/mol. The van der Waals surface area contributed by atoms with Crippen LogP contribution in [-0.2, 0) is 6.42 Å². The Morgan fingerprint density at radius 1 is 1.12 bits per heavy atom. The highest BCUT2D eigenvalue weighted by Crippen LogP contribution is 2.44. The maximum absolute atomic E-state index is 12.8. The lowest BCUT2D eigenvalue weighted by atomic mass is 9.95. The number of fused-ring (bicyclic) bond motifs is 5. The molecule has 4 rings (SSSR count). The summed E-state index contributed by atoms with van der Waals surface area (Å²) >= 11 is 0. The first-order valence-electron chi connectivity index (χ1n) is 8.21. The van der Waals surface area contributed by atoms with Crippen molar-refractivity contribution in [3.63, 3.8) is 0 Å². The van der Waals surface area contributed by atoms with E-state index in [4.69, 9.17) is 5.73 Å². The second-order valence-corrected chi connectivity index (χ2v) is 6.67. The monoisotopic (exact) mass is 333 g/mol. The first-order chi connectivity index (χ1) is 12.0. The Balaban J connectivity index is 2.09. The van der Waals surface area contributed by atoms with Gasteiger partial charge in [0.1, 0.15) is 11.6 Å². The summed E-state index contributed by atoms with van der Waals surface area (Å²) in [6.45, 7) is 0.827. The number of hydrogen-bond acceptors (Lipinski definition) is 5. The Morgan fingerprint density at radius 2 is 1.84 bits per heavy atom. The highest BCUT2D eigenvalue weighted by molar-refractivity contribution is 6.28. The van der Waals surface area contributed by atoms with Crippen LogP contribution in [0.15, 0.2) is 36.4 Å². The van der Waals surface area contributed by atoms with Crippen molar-refractivity contribution in [1.82, 2.24) is 9.88 Å². The van der Waals surface area contributed by atoms with E-state index in [1.165, 1.54) is 0 Å². The molecule has 0 unspecified atom stereocenters. The van der Waals surface area contributed by atoms with Gasteiger partial charge in [-0.15, -0.1) is 0 Å². The Labute approximate surface area is 145 Å². The van der Waals surface area contributed by atoms with Crippen LogP contribution in [0.5, 0.6) is 5.75 Å². The third kappa shape index (κ3) is 2.36. The molecule has 3 aromatic rings. The molecular formula is C20H19N3O2. The average molecular weight is 333 g/mol.